The zero-order valence-electron chi connectivity index (χ0n) is 21.5. The summed E-state index contributed by atoms with van der Waals surface area (Å²) >= 11 is 0. The predicted octanol–water partition coefficient (Wildman–Crippen LogP) is 4.09. The maximum absolute atomic E-state index is 13.1. The van der Waals surface area contributed by atoms with Gasteiger partial charge in [-0.1, -0.05) is 78.9 Å². The number of hydrogen-bond acceptors (Lipinski definition) is 5. The minimum Gasteiger partial charge on any atom is -0.480 e. The van der Waals surface area contributed by atoms with Crippen molar-refractivity contribution in [2.24, 2.45) is 0 Å². The fourth-order valence-electron chi connectivity index (χ4n) is 4.64. The van der Waals surface area contributed by atoms with Gasteiger partial charge in [0.2, 0.25) is 5.91 Å². The molecule has 0 aliphatic heterocycles. The summed E-state index contributed by atoms with van der Waals surface area (Å²) in [6, 6.07) is 22.7. The second-order valence-electron chi connectivity index (χ2n) is 9.26. The first-order valence-corrected chi connectivity index (χ1v) is 12.6. The molecule has 3 atom stereocenters. The van der Waals surface area contributed by atoms with Crippen molar-refractivity contribution in [2.45, 2.75) is 44.1 Å². The summed E-state index contributed by atoms with van der Waals surface area (Å²) in [7, 11) is 0. The number of rotatable bonds is 11. The highest BCUT2D eigenvalue weighted by atomic mass is 16.5. The van der Waals surface area contributed by atoms with E-state index in [0.29, 0.717) is 0 Å². The highest BCUT2D eigenvalue weighted by Crippen LogP contribution is 2.44. The van der Waals surface area contributed by atoms with Crippen LogP contribution in [0.3, 0.4) is 0 Å². The van der Waals surface area contributed by atoms with Crippen LogP contribution in [0, 0.1) is 12.3 Å². The number of nitrogens with one attached hydrogen (secondary N) is 2. The van der Waals surface area contributed by atoms with Gasteiger partial charge in [0, 0.05) is 12.3 Å². The Balaban J connectivity index is 1.46. The average molecular weight is 527 g/mol. The van der Waals surface area contributed by atoms with Crippen molar-refractivity contribution in [3.63, 3.8) is 0 Å². The second kappa shape index (κ2) is 12.8. The summed E-state index contributed by atoms with van der Waals surface area (Å²) < 4.78 is 11.5. The molecule has 0 aromatic heterocycles. The molecule has 3 aromatic carbocycles. The molecule has 3 unspecified atom stereocenters. The Labute approximate surface area is 227 Å². The molecule has 0 heterocycles. The Hall–Kier alpha value is -4.61. The van der Waals surface area contributed by atoms with Crippen molar-refractivity contribution in [1.82, 2.24) is 10.6 Å². The summed E-state index contributed by atoms with van der Waals surface area (Å²) in [4.78, 5) is 37.6. The van der Waals surface area contributed by atoms with Crippen LogP contribution in [0.25, 0.3) is 11.1 Å². The van der Waals surface area contributed by atoms with Gasteiger partial charge in [0.05, 0.1) is 12.7 Å². The summed E-state index contributed by atoms with van der Waals surface area (Å²) in [5.74, 6) is 0.0585. The van der Waals surface area contributed by atoms with Gasteiger partial charge in [-0.2, -0.15) is 0 Å². The van der Waals surface area contributed by atoms with E-state index in [2.05, 4.69) is 16.6 Å². The van der Waals surface area contributed by atoms with E-state index in [0.717, 1.165) is 27.8 Å². The lowest BCUT2D eigenvalue weighted by molar-refractivity contribution is -0.142. The molecule has 2 amide bonds. The molecular weight excluding hydrogens is 496 g/mol. The Morgan fingerprint density at radius 3 is 2.10 bits per heavy atom. The van der Waals surface area contributed by atoms with Gasteiger partial charge in [-0.25, -0.2) is 9.59 Å². The lowest BCUT2D eigenvalue weighted by Crippen LogP contribution is -2.56. The first-order chi connectivity index (χ1) is 18.9. The fourth-order valence-corrected chi connectivity index (χ4v) is 4.64. The summed E-state index contributed by atoms with van der Waals surface area (Å²) in [5.41, 5.74) is 5.17. The van der Waals surface area contributed by atoms with Gasteiger partial charge in [-0.05, 0) is 34.7 Å². The zero-order valence-corrected chi connectivity index (χ0v) is 21.5. The predicted molar refractivity (Wildman–Crippen MR) is 146 cm³/mol. The van der Waals surface area contributed by atoms with Crippen LogP contribution in [-0.4, -0.2) is 47.9 Å². The van der Waals surface area contributed by atoms with E-state index < -0.39 is 36.2 Å². The third kappa shape index (κ3) is 6.64. The molecule has 8 heteroatoms. The maximum Gasteiger partial charge on any atom is 0.407 e. The molecule has 0 fully saturated rings. The van der Waals surface area contributed by atoms with Crippen molar-refractivity contribution in [3.05, 3.63) is 95.6 Å². The topological polar surface area (TPSA) is 114 Å². The van der Waals surface area contributed by atoms with Crippen LogP contribution in [0.15, 0.2) is 78.9 Å². The number of terminal acetylenes is 1. The summed E-state index contributed by atoms with van der Waals surface area (Å²) in [5, 5.41) is 14.4. The quantitative estimate of drug-likeness (QED) is 0.324. The van der Waals surface area contributed by atoms with E-state index in [4.69, 9.17) is 15.9 Å². The monoisotopic (exact) mass is 526 g/mol. The third-order valence-electron chi connectivity index (χ3n) is 6.66. The van der Waals surface area contributed by atoms with Crippen LogP contribution >= 0.6 is 0 Å². The van der Waals surface area contributed by atoms with Gasteiger partial charge >= 0.3 is 12.1 Å². The van der Waals surface area contributed by atoms with Gasteiger partial charge < -0.3 is 25.2 Å². The smallest absolute Gasteiger partial charge is 0.407 e. The molecule has 3 aromatic rings. The van der Waals surface area contributed by atoms with E-state index in [9.17, 15) is 19.5 Å². The van der Waals surface area contributed by atoms with E-state index in [1.807, 2.05) is 78.9 Å². The van der Waals surface area contributed by atoms with Crippen LogP contribution in [0.4, 0.5) is 4.79 Å². The minimum absolute atomic E-state index is 0.0578. The number of alkyl carbamates (subject to hydrolysis) is 1. The van der Waals surface area contributed by atoms with Crippen molar-refractivity contribution >= 4 is 18.0 Å². The normalized spacial score (nSPS) is 14.2. The van der Waals surface area contributed by atoms with Gasteiger partial charge in [-0.15, -0.1) is 12.3 Å². The Kier molecular flexibility index (Phi) is 8.97. The van der Waals surface area contributed by atoms with Crippen molar-refractivity contribution < 1.29 is 29.0 Å². The van der Waals surface area contributed by atoms with E-state index in [1.54, 1.807) is 6.92 Å². The largest absolute Gasteiger partial charge is 0.480 e. The van der Waals surface area contributed by atoms with E-state index >= 15 is 0 Å². The minimum atomic E-state index is -1.31. The first-order valence-electron chi connectivity index (χ1n) is 12.6. The van der Waals surface area contributed by atoms with E-state index in [1.165, 1.54) is 0 Å². The van der Waals surface area contributed by atoms with Gasteiger partial charge in [-0.3, -0.25) is 4.79 Å². The lowest BCUT2D eigenvalue weighted by atomic mass is 9.98. The molecule has 3 N–H and O–H groups in total. The number of ether oxygens (including phenoxy) is 2. The SMILES string of the molecule is C#CCC(NC(=O)C(NC(=O)OCC1c2ccccc2-c2ccccc21)C(C)OCc1ccccc1)C(=O)O. The van der Waals surface area contributed by atoms with Crippen molar-refractivity contribution in [1.29, 1.82) is 0 Å². The number of carbonyl (C=O) groups is 3. The molecule has 39 heavy (non-hydrogen) atoms. The number of aliphatic carboxylic acids is 1. The van der Waals surface area contributed by atoms with Crippen LogP contribution in [-0.2, 0) is 25.7 Å². The van der Waals surface area contributed by atoms with Crippen LogP contribution < -0.4 is 10.6 Å². The number of benzene rings is 3. The zero-order chi connectivity index (χ0) is 27.8. The third-order valence-corrected chi connectivity index (χ3v) is 6.66. The first kappa shape index (κ1) is 27.4. The molecule has 0 radical (unpaired) electrons. The molecule has 200 valence electrons. The molecule has 0 saturated carbocycles. The standard InChI is InChI=1S/C31H30N2O6/c1-3-11-27(30(35)36)32-29(34)28(20(2)38-18-21-12-5-4-6-13-21)33-31(37)39-19-26-24-16-9-7-14-22(24)23-15-8-10-17-25(23)26/h1,4-10,12-17,20,26-28H,11,18-19H2,2H3,(H,32,34)(H,33,37)(H,35,36). The Morgan fingerprint density at radius 1 is 0.923 bits per heavy atom. The average Bonchev–Trinajstić information content (AvgIpc) is 3.27. The molecule has 0 saturated heterocycles. The van der Waals surface area contributed by atoms with Crippen molar-refractivity contribution in [2.75, 3.05) is 6.61 Å². The molecule has 0 bridgehead atoms. The molecule has 4 rings (SSSR count). The number of carboxylic acid groups (broad SMARTS) is 1. The number of carboxylic acids is 1. The summed E-state index contributed by atoms with van der Waals surface area (Å²) in [6.45, 7) is 1.86. The van der Waals surface area contributed by atoms with Crippen LogP contribution in [0.1, 0.15) is 36.0 Å². The Bertz CT molecular complexity index is 1320. The van der Waals surface area contributed by atoms with Crippen LogP contribution in [0.2, 0.25) is 0 Å². The molecule has 1 aliphatic rings. The van der Waals surface area contributed by atoms with Crippen LogP contribution in [0.5, 0.6) is 0 Å². The van der Waals surface area contributed by atoms with Gasteiger partial charge in [0.1, 0.15) is 18.7 Å². The highest BCUT2D eigenvalue weighted by molar-refractivity contribution is 5.90. The van der Waals surface area contributed by atoms with Crippen molar-refractivity contribution in [3.8, 4) is 23.5 Å². The molecule has 0 spiro atoms. The molecule has 8 nitrogen and oxygen atoms in total. The van der Waals surface area contributed by atoms with Gasteiger partial charge in [0.25, 0.3) is 0 Å². The summed E-state index contributed by atoms with van der Waals surface area (Å²) in [6.07, 6.45) is 3.41. The molecular formula is C31H30N2O6. The highest BCUT2D eigenvalue weighted by Gasteiger charge is 2.33. The maximum atomic E-state index is 13.1. The fraction of sp³-hybridized carbons (Fsp3) is 0.258. The Morgan fingerprint density at radius 2 is 1.51 bits per heavy atom. The number of carbonyl (C=O) groups excluding carboxylic acids is 2. The number of fused-ring (bicyclic) bond motifs is 3. The molecule has 1 aliphatic carbocycles. The van der Waals surface area contributed by atoms with Gasteiger partial charge in [0.15, 0.2) is 0 Å². The second-order valence-corrected chi connectivity index (χ2v) is 9.26. The lowest BCUT2D eigenvalue weighted by Gasteiger charge is -2.26. The number of hydrogen-bond donors (Lipinski definition) is 3. The van der Waals surface area contributed by atoms with E-state index in [-0.39, 0.29) is 25.6 Å². The number of amides is 2.